The molecular formula is C22H28N4O3. The highest BCUT2D eigenvalue weighted by Crippen LogP contribution is 2.31. The number of hydrogen-bond donors (Lipinski definition) is 1. The van der Waals surface area contributed by atoms with E-state index in [1.807, 2.05) is 37.2 Å². The van der Waals surface area contributed by atoms with Crippen LogP contribution in [0.4, 0.5) is 11.4 Å². The maximum absolute atomic E-state index is 12.7. The Hall–Kier alpha value is -2.93. The Morgan fingerprint density at radius 2 is 1.86 bits per heavy atom. The van der Waals surface area contributed by atoms with Gasteiger partial charge in [-0.1, -0.05) is 30.3 Å². The summed E-state index contributed by atoms with van der Waals surface area (Å²) in [6.45, 7) is 2.09. The minimum Gasteiger partial charge on any atom is -0.366 e. The van der Waals surface area contributed by atoms with Crippen LogP contribution in [0.1, 0.15) is 28.8 Å². The Morgan fingerprint density at radius 1 is 1.17 bits per heavy atom. The normalized spacial score (nSPS) is 14.8. The van der Waals surface area contributed by atoms with Crippen LogP contribution in [-0.2, 0) is 6.42 Å². The van der Waals surface area contributed by atoms with E-state index in [0.717, 1.165) is 32.4 Å². The number of likely N-dealkylation sites (N-methyl/N-ethyl adjacent to an activating group) is 1. The number of carbonyl (C=O) groups excluding carboxylic acids is 1. The molecule has 0 bridgehead atoms. The quantitative estimate of drug-likeness (QED) is 0.548. The Kier molecular flexibility index (Phi) is 6.82. The van der Waals surface area contributed by atoms with Crippen molar-refractivity contribution in [3.63, 3.8) is 0 Å². The lowest BCUT2D eigenvalue weighted by Crippen LogP contribution is -2.41. The van der Waals surface area contributed by atoms with E-state index in [-0.39, 0.29) is 17.6 Å². The highest BCUT2D eigenvalue weighted by molar-refractivity contribution is 5.95. The van der Waals surface area contributed by atoms with E-state index in [4.69, 9.17) is 0 Å². The Balaban J connectivity index is 1.69. The summed E-state index contributed by atoms with van der Waals surface area (Å²) in [5.74, 6) is -0.291. The molecule has 1 saturated heterocycles. The molecular weight excluding hydrogens is 368 g/mol. The molecule has 3 rings (SSSR count). The molecule has 2 aromatic carbocycles. The van der Waals surface area contributed by atoms with Gasteiger partial charge in [0.25, 0.3) is 11.6 Å². The van der Waals surface area contributed by atoms with E-state index in [9.17, 15) is 14.9 Å². The number of nitro benzene ring substituents is 1. The van der Waals surface area contributed by atoms with E-state index >= 15 is 0 Å². The first-order valence-corrected chi connectivity index (χ1v) is 9.97. The summed E-state index contributed by atoms with van der Waals surface area (Å²) in [5, 5.41) is 14.5. The van der Waals surface area contributed by atoms with Gasteiger partial charge in [-0.2, -0.15) is 0 Å². The zero-order valence-corrected chi connectivity index (χ0v) is 17.0. The van der Waals surface area contributed by atoms with Gasteiger partial charge in [-0.25, -0.2) is 0 Å². The third kappa shape index (κ3) is 5.32. The van der Waals surface area contributed by atoms with Crippen molar-refractivity contribution in [3.05, 3.63) is 69.8 Å². The highest BCUT2D eigenvalue weighted by atomic mass is 16.6. The predicted octanol–water partition coefficient (Wildman–Crippen LogP) is 3.10. The Morgan fingerprint density at radius 3 is 2.48 bits per heavy atom. The van der Waals surface area contributed by atoms with Crippen LogP contribution in [0.5, 0.6) is 0 Å². The SMILES string of the molecule is CN(C)C(CNC(=O)c1ccc(N2CCCC2)c([N+](=O)[O-])c1)Cc1ccccc1. The smallest absolute Gasteiger partial charge is 0.293 e. The van der Waals surface area contributed by atoms with Crippen LogP contribution >= 0.6 is 0 Å². The molecule has 0 aliphatic carbocycles. The summed E-state index contributed by atoms with van der Waals surface area (Å²) in [5.41, 5.74) is 2.11. The summed E-state index contributed by atoms with van der Waals surface area (Å²) >= 11 is 0. The van der Waals surface area contributed by atoms with E-state index in [1.54, 1.807) is 12.1 Å². The number of carbonyl (C=O) groups is 1. The van der Waals surface area contributed by atoms with Gasteiger partial charge < -0.3 is 15.1 Å². The van der Waals surface area contributed by atoms with Crippen molar-refractivity contribution in [2.45, 2.75) is 25.3 Å². The van der Waals surface area contributed by atoms with Crippen molar-refractivity contribution in [2.24, 2.45) is 0 Å². The lowest BCUT2D eigenvalue weighted by atomic mass is 10.0. The standard InChI is InChI=1S/C22H28N4O3/c1-24(2)19(14-17-8-4-3-5-9-17)16-23-22(27)18-10-11-20(21(15-18)26(28)29)25-12-6-7-13-25/h3-5,8-11,15,19H,6-7,12-14,16H2,1-2H3,(H,23,27). The third-order valence-corrected chi connectivity index (χ3v) is 5.42. The maximum atomic E-state index is 12.7. The maximum Gasteiger partial charge on any atom is 0.293 e. The van der Waals surface area contributed by atoms with Crippen LogP contribution < -0.4 is 10.2 Å². The molecule has 1 heterocycles. The minimum atomic E-state index is -0.400. The molecule has 7 nitrogen and oxygen atoms in total. The van der Waals surface area contributed by atoms with Gasteiger partial charge in [0.15, 0.2) is 0 Å². The van der Waals surface area contributed by atoms with Gasteiger partial charge in [0.1, 0.15) is 5.69 Å². The first kappa shape index (κ1) is 20.8. The molecule has 1 atom stereocenters. The topological polar surface area (TPSA) is 78.7 Å². The number of amides is 1. The van der Waals surface area contributed by atoms with Crippen LogP contribution in [-0.4, -0.2) is 55.5 Å². The number of benzene rings is 2. The van der Waals surface area contributed by atoms with E-state index in [2.05, 4.69) is 22.3 Å². The number of nitrogens with zero attached hydrogens (tertiary/aromatic N) is 3. The summed E-state index contributed by atoms with van der Waals surface area (Å²) in [6.07, 6.45) is 2.88. The monoisotopic (exact) mass is 396 g/mol. The average Bonchev–Trinajstić information content (AvgIpc) is 3.25. The second kappa shape index (κ2) is 9.52. The summed E-state index contributed by atoms with van der Waals surface area (Å²) in [7, 11) is 3.96. The van der Waals surface area contributed by atoms with Gasteiger partial charge >= 0.3 is 0 Å². The first-order chi connectivity index (χ1) is 14.0. The van der Waals surface area contributed by atoms with Gasteiger partial charge in [0.2, 0.25) is 0 Å². The van der Waals surface area contributed by atoms with Crippen LogP contribution in [0.2, 0.25) is 0 Å². The number of nitro groups is 1. The van der Waals surface area contributed by atoms with Gasteiger partial charge in [-0.05, 0) is 51.1 Å². The second-order valence-electron chi connectivity index (χ2n) is 7.67. The zero-order chi connectivity index (χ0) is 20.8. The van der Waals surface area contributed by atoms with Crippen molar-refractivity contribution in [3.8, 4) is 0 Å². The number of hydrogen-bond acceptors (Lipinski definition) is 5. The van der Waals surface area contributed by atoms with E-state index in [1.165, 1.54) is 11.6 Å². The van der Waals surface area contributed by atoms with Crippen molar-refractivity contribution < 1.29 is 9.72 Å². The van der Waals surface area contributed by atoms with Gasteiger partial charge in [-0.3, -0.25) is 14.9 Å². The average molecular weight is 396 g/mol. The second-order valence-corrected chi connectivity index (χ2v) is 7.67. The fraction of sp³-hybridized carbons (Fsp3) is 0.409. The first-order valence-electron chi connectivity index (χ1n) is 9.97. The molecule has 1 aliphatic heterocycles. The number of nitrogens with one attached hydrogen (secondary N) is 1. The molecule has 1 aliphatic rings. The predicted molar refractivity (Wildman–Crippen MR) is 114 cm³/mol. The molecule has 154 valence electrons. The van der Waals surface area contributed by atoms with Crippen molar-refractivity contribution in [2.75, 3.05) is 38.6 Å². The number of rotatable bonds is 8. The molecule has 1 N–H and O–H groups in total. The fourth-order valence-corrected chi connectivity index (χ4v) is 3.67. The molecule has 2 aromatic rings. The van der Waals surface area contributed by atoms with Crippen LogP contribution in [0, 0.1) is 10.1 Å². The molecule has 1 amide bonds. The van der Waals surface area contributed by atoms with Crippen molar-refractivity contribution in [1.29, 1.82) is 0 Å². The van der Waals surface area contributed by atoms with Gasteiger partial charge in [0, 0.05) is 37.3 Å². The van der Waals surface area contributed by atoms with E-state index < -0.39 is 4.92 Å². The van der Waals surface area contributed by atoms with Crippen molar-refractivity contribution in [1.82, 2.24) is 10.2 Å². The molecule has 7 heteroatoms. The Labute approximate surface area is 171 Å². The lowest BCUT2D eigenvalue weighted by Gasteiger charge is -2.25. The summed E-state index contributed by atoms with van der Waals surface area (Å²) in [6, 6.07) is 15.0. The molecule has 1 fully saturated rings. The molecule has 0 spiro atoms. The lowest BCUT2D eigenvalue weighted by molar-refractivity contribution is -0.384. The highest BCUT2D eigenvalue weighted by Gasteiger charge is 2.24. The summed E-state index contributed by atoms with van der Waals surface area (Å²) < 4.78 is 0. The minimum absolute atomic E-state index is 0.00649. The van der Waals surface area contributed by atoms with Crippen LogP contribution in [0.25, 0.3) is 0 Å². The molecule has 0 aromatic heterocycles. The largest absolute Gasteiger partial charge is 0.366 e. The van der Waals surface area contributed by atoms with Crippen LogP contribution in [0.15, 0.2) is 48.5 Å². The van der Waals surface area contributed by atoms with Gasteiger partial charge in [0.05, 0.1) is 4.92 Å². The molecule has 29 heavy (non-hydrogen) atoms. The van der Waals surface area contributed by atoms with Crippen molar-refractivity contribution >= 4 is 17.3 Å². The van der Waals surface area contributed by atoms with E-state index in [0.29, 0.717) is 17.8 Å². The van der Waals surface area contributed by atoms with Crippen LogP contribution in [0.3, 0.4) is 0 Å². The fourth-order valence-electron chi connectivity index (χ4n) is 3.67. The zero-order valence-electron chi connectivity index (χ0n) is 17.0. The summed E-state index contributed by atoms with van der Waals surface area (Å²) in [4.78, 5) is 27.9. The Bertz CT molecular complexity index is 848. The third-order valence-electron chi connectivity index (χ3n) is 5.42. The number of anilines is 1. The molecule has 0 saturated carbocycles. The molecule has 0 radical (unpaired) electrons. The molecule has 1 unspecified atom stereocenters. The van der Waals surface area contributed by atoms with Gasteiger partial charge in [-0.15, -0.1) is 0 Å².